The van der Waals surface area contributed by atoms with E-state index < -0.39 is 0 Å². The number of aromatic nitrogens is 3. The van der Waals surface area contributed by atoms with Crippen LogP contribution in [0.1, 0.15) is 10.4 Å². The highest BCUT2D eigenvalue weighted by molar-refractivity contribution is 7.18. The molecule has 0 N–H and O–H groups in total. The van der Waals surface area contributed by atoms with Gasteiger partial charge in [0.05, 0.1) is 23.6 Å². The highest BCUT2D eigenvalue weighted by atomic mass is 32.1. The first-order valence-electron chi connectivity index (χ1n) is 11.2. The van der Waals surface area contributed by atoms with Gasteiger partial charge in [0, 0.05) is 74.2 Å². The second-order valence-electron chi connectivity index (χ2n) is 8.81. The molecule has 0 unspecified atom stereocenters. The first-order valence-corrected chi connectivity index (χ1v) is 12.0. The van der Waals surface area contributed by atoms with Gasteiger partial charge >= 0.3 is 0 Å². The second kappa shape index (κ2) is 7.95. The highest BCUT2D eigenvalue weighted by Crippen LogP contribution is 2.34. The van der Waals surface area contributed by atoms with Gasteiger partial charge in [-0.05, 0) is 12.6 Å². The molecule has 0 atom stereocenters. The van der Waals surface area contributed by atoms with Crippen molar-refractivity contribution >= 4 is 38.0 Å². The SMILES string of the molecule is CN1Cc2sc3ncn(CCN4CCN(c5cncc6ccccc56)CC4)c(=O)c3c2C1. The number of thiophene rings is 1. The van der Waals surface area contributed by atoms with Gasteiger partial charge < -0.3 is 4.90 Å². The summed E-state index contributed by atoms with van der Waals surface area (Å²) in [7, 11) is 2.10. The minimum absolute atomic E-state index is 0.114. The summed E-state index contributed by atoms with van der Waals surface area (Å²) in [5, 5.41) is 3.28. The molecule has 0 aliphatic carbocycles. The zero-order valence-electron chi connectivity index (χ0n) is 18.2. The van der Waals surface area contributed by atoms with Crippen LogP contribution in [0.5, 0.6) is 0 Å². The number of benzene rings is 1. The van der Waals surface area contributed by atoms with Crippen LogP contribution in [0, 0.1) is 0 Å². The van der Waals surface area contributed by atoms with Gasteiger partial charge in [0.2, 0.25) is 0 Å². The predicted molar refractivity (Wildman–Crippen MR) is 129 cm³/mol. The van der Waals surface area contributed by atoms with E-state index in [1.165, 1.54) is 26.9 Å². The van der Waals surface area contributed by atoms with Crippen molar-refractivity contribution in [1.29, 1.82) is 0 Å². The number of fused-ring (bicyclic) bond motifs is 4. The molecule has 164 valence electrons. The normalized spacial score (nSPS) is 17.5. The fourth-order valence-corrected chi connectivity index (χ4v) is 6.19. The van der Waals surface area contributed by atoms with Gasteiger partial charge in [0.15, 0.2) is 0 Å². The van der Waals surface area contributed by atoms with Crippen molar-refractivity contribution in [2.24, 2.45) is 0 Å². The number of pyridine rings is 1. The fourth-order valence-electron chi connectivity index (χ4n) is 4.97. The molecule has 6 rings (SSSR count). The van der Waals surface area contributed by atoms with Gasteiger partial charge in [-0.25, -0.2) is 4.98 Å². The third-order valence-electron chi connectivity index (χ3n) is 6.72. The van der Waals surface area contributed by atoms with Crippen molar-refractivity contribution in [3.8, 4) is 0 Å². The van der Waals surface area contributed by atoms with Crippen LogP contribution in [-0.2, 0) is 19.6 Å². The van der Waals surface area contributed by atoms with Crippen LogP contribution in [0.15, 0.2) is 47.8 Å². The first kappa shape index (κ1) is 19.8. The summed E-state index contributed by atoms with van der Waals surface area (Å²) >= 11 is 1.67. The maximum Gasteiger partial charge on any atom is 0.262 e. The summed E-state index contributed by atoms with van der Waals surface area (Å²) < 4.78 is 1.80. The molecule has 1 saturated heterocycles. The average Bonchev–Trinajstić information content (AvgIpc) is 3.34. The molecule has 8 heteroatoms. The predicted octanol–water partition coefficient (Wildman–Crippen LogP) is 2.77. The van der Waals surface area contributed by atoms with Crippen molar-refractivity contribution in [2.75, 3.05) is 44.7 Å². The van der Waals surface area contributed by atoms with Gasteiger partial charge in [-0.3, -0.25) is 24.1 Å². The second-order valence-corrected chi connectivity index (χ2v) is 9.89. The molecule has 0 amide bonds. The molecule has 1 aromatic carbocycles. The monoisotopic (exact) mass is 446 g/mol. The van der Waals surface area contributed by atoms with E-state index in [0.717, 1.165) is 56.0 Å². The van der Waals surface area contributed by atoms with Gasteiger partial charge in [0.25, 0.3) is 5.56 Å². The maximum atomic E-state index is 13.2. The smallest absolute Gasteiger partial charge is 0.262 e. The molecule has 1 fully saturated rings. The van der Waals surface area contributed by atoms with Crippen molar-refractivity contribution in [3.63, 3.8) is 0 Å². The summed E-state index contributed by atoms with van der Waals surface area (Å²) in [6.45, 7) is 7.20. The van der Waals surface area contributed by atoms with Crippen LogP contribution in [-0.4, -0.2) is 64.1 Å². The Morgan fingerprint density at radius 1 is 1.03 bits per heavy atom. The molecule has 0 spiro atoms. The van der Waals surface area contributed by atoms with Gasteiger partial charge in [-0.15, -0.1) is 11.3 Å². The molecule has 0 radical (unpaired) electrons. The van der Waals surface area contributed by atoms with Crippen LogP contribution in [0.3, 0.4) is 0 Å². The van der Waals surface area contributed by atoms with E-state index in [9.17, 15) is 4.79 Å². The number of hydrogen-bond acceptors (Lipinski definition) is 7. The Labute approximate surface area is 190 Å². The summed E-state index contributed by atoms with van der Waals surface area (Å²) in [6, 6.07) is 8.44. The maximum absolute atomic E-state index is 13.2. The van der Waals surface area contributed by atoms with Crippen LogP contribution in [0.4, 0.5) is 5.69 Å². The minimum Gasteiger partial charge on any atom is -0.367 e. The summed E-state index contributed by atoms with van der Waals surface area (Å²) in [4.78, 5) is 31.5. The largest absolute Gasteiger partial charge is 0.367 e. The summed E-state index contributed by atoms with van der Waals surface area (Å²) in [6.07, 6.45) is 5.64. The zero-order chi connectivity index (χ0) is 21.7. The molecular formula is C24H26N6OS. The van der Waals surface area contributed by atoms with Gasteiger partial charge in [-0.2, -0.15) is 0 Å². The Bertz CT molecular complexity index is 1350. The Balaban J connectivity index is 1.14. The molecule has 5 heterocycles. The average molecular weight is 447 g/mol. The molecule has 32 heavy (non-hydrogen) atoms. The van der Waals surface area contributed by atoms with Crippen molar-refractivity contribution in [2.45, 2.75) is 19.6 Å². The number of anilines is 1. The van der Waals surface area contributed by atoms with Crippen LogP contribution < -0.4 is 10.5 Å². The van der Waals surface area contributed by atoms with E-state index in [0.29, 0.717) is 6.54 Å². The molecule has 2 aliphatic rings. The number of nitrogens with zero attached hydrogens (tertiary/aromatic N) is 6. The topological polar surface area (TPSA) is 57.5 Å². The Kier molecular flexibility index (Phi) is 4.93. The number of hydrogen-bond donors (Lipinski definition) is 0. The van der Waals surface area contributed by atoms with Crippen molar-refractivity contribution < 1.29 is 0 Å². The van der Waals surface area contributed by atoms with E-state index in [1.54, 1.807) is 22.2 Å². The Morgan fingerprint density at radius 3 is 2.75 bits per heavy atom. The van der Waals surface area contributed by atoms with E-state index in [4.69, 9.17) is 0 Å². The summed E-state index contributed by atoms with van der Waals surface area (Å²) in [5.41, 5.74) is 2.52. The third kappa shape index (κ3) is 3.39. The lowest BCUT2D eigenvalue weighted by Gasteiger charge is -2.36. The van der Waals surface area contributed by atoms with E-state index >= 15 is 0 Å². The standard InChI is InChI=1S/C24H26N6OS/c1-27-14-19-21(15-27)32-23-22(19)24(31)30(16-26-23)11-8-28-6-9-29(10-7-28)20-13-25-12-17-4-2-3-5-18(17)20/h2-5,12-13,16H,6-11,14-15H2,1H3. The van der Waals surface area contributed by atoms with Crippen molar-refractivity contribution in [3.05, 3.63) is 63.8 Å². The van der Waals surface area contributed by atoms with Crippen molar-refractivity contribution in [1.82, 2.24) is 24.3 Å². The molecule has 3 aromatic heterocycles. The molecule has 0 saturated carbocycles. The van der Waals surface area contributed by atoms with E-state index in [-0.39, 0.29) is 5.56 Å². The fraction of sp³-hybridized carbons (Fsp3) is 0.375. The van der Waals surface area contributed by atoms with Gasteiger partial charge in [0.1, 0.15) is 4.83 Å². The molecule has 4 aromatic rings. The molecule has 2 aliphatic heterocycles. The number of piperazine rings is 1. The first-order chi connectivity index (χ1) is 15.7. The zero-order valence-corrected chi connectivity index (χ0v) is 19.0. The quantitative estimate of drug-likeness (QED) is 0.481. The highest BCUT2D eigenvalue weighted by Gasteiger charge is 2.25. The van der Waals surface area contributed by atoms with Crippen LogP contribution in [0.25, 0.3) is 21.0 Å². The number of rotatable bonds is 4. The lowest BCUT2D eigenvalue weighted by atomic mass is 10.1. The lowest BCUT2D eigenvalue weighted by molar-refractivity contribution is 0.247. The Hall–Kier alpha value is -2.81. The third-order valence-corrected chi connectivity index (χ3v) is 7.84. The van der Waals surface area contributed by atoms with Crippen LogP contribution in [0.2, 0.25) is 0 Å². The van der Waals surface area contributed by atoms with Crippen LogP contribution >= 0.6 is 11.3 Å². The van der Waals surface area contributed by atoms with Gasteiger partial charge in [-0.1, -0.05) is 24.3 Å². The molecule has 0 bridgehead atoms. The lowest BCUT2D eigenvalue weighted by Crippen LogP contribution is -2.47. The molecular weight excluding hydrogens is 420 g/mol. The molecule has 7 nitrogen and oxygen atoms in total. The minimum atomic E-state index is 0.114. The Morgan fingerprint density at radius 2 is 1.88 bits per heavy atom. The van der Waals surface area contributed by atoms with E-state index in [1.807, 2.05) is 12.4 Å². The summed E-state index contributed by atoms with van der Waals surface area (Å²) in [5.74, 6) is 0. The van der Waals surface area contributed by atoms with E-state index in [2.05, 4.69) is 56.0 Å².